The van der Waals surface area contributed by atoms with Crippen molar-refractivity contribution < 1.29 is 78.3 Å². The number of pyridine rings is 1. The van der Waals surface area contributed by atoms with E-state index in [-0.39, 0.29) is 51.4 Å². The summed E-state index contributed by atoms with van der Waals surface area (Å²) in [6, 6.07) is 0.383. The fourth-order valence-corrected chi connectivity index (χ4v) is 0.924. The summed E-state index contributed by atoms with van der Waals surface area (Å²) in [6.45, 7) is -5.53. The van der Waals surface area contributed by atoms with Crippen molar-refractivity contribution in [1.82, 2.24) is 4.98 Å². The van der Waals surface area contributed by atoms with Crippen LogP contribution < -0.4 is 56.8 Å². The second-order valence-electron chi connectivity index (χ2n) is 2.67. The molecular weight excluding hydrogens is 256 g/mol. The van der Waals surface area contributed by atoms with Gasteiger partial charge in [0.15, 0.2) is 5.95 Å². The average molecular weight is 261 g/mol. The maximum absolute atomic E-state index is 12.7. The van der Waals surface area contributed by atoms with Gasteiger partial charge < -0.3 is 17.7 Å². The number of carbonyl (C=O) groups is 1. The largest absolute Gasteiger partial charge is 1.00 e. The molecule has 16 heavy (non-hydrogen) atoms. The summed E-state index contributed by atoms with van der Waals surface area (Å²) in [5, 5.41) is 0. The quantitative estimate of drug-likeness (QED) is 0.269. The first kappa shape index (κ1) is 16.0. The van der Waals surface area contributed by atoms with E-state index in [0.29, 0.717) is 12.3 Å². The Morgan fingerprint density at radius 3 is 2.44 bits per heavy atom. The van der Waals surface area contributed by atoms with Crippen molar-refractivity contribution in [2.75, 3.05) is 7.11 Å². The first-order chi connectivity index (χ1) is 6.86. The monoisotopic (exact) mass is 261 g/mol. The smallest absolute Gasteiger partial charge is 0.465 e. The molecule has 0 saturated heterocycles. The zero-order chi connectivity index (χ0) is 11.6. The van der Waals surface area contributed by atoms with Crippen molar-refractivity contribution in [1.29, 1.82) is 0 Å². The molecule has 0 bridgehead atoms. The van der Waals surface area contributed by atoms with Gasteiger partial charge in [0.25, 0.3) is 0 Å². The Hall–Kier alpha value is 0.0413. The fourth-order valence-electron chi connectivity index (χ4n) is 0.924. The van der Waals surface area contributed by atoms with Gasteiger partial charge >= 0.3 is 64.3 Å². The number of hydrogen-bond acceptors (Lipinski definition) is 3. The number of ether oxygens (including phenoxy) is 1. The Morgan fingerprint density at radius 1 is 1.44 bits per heavy atom. The van der Waals surface area contributed by atoms with Crippen molar-refractivity contribution in [3.8, 4) is 0 Å². The molecule has 0 aliphatic carbocycles. The fraction of sp³-hybridized carbons (Fsp3) is 0.143. The molecular formula is C7H5BF4KNO2. The summed E-state index contributed by atoms with van der Waals surface area (Å²) >= 11 is 0. The van der Waals surface area contributed by atoms with Crippen LogP contribution >= 0.6 is 0 Å². The van der Waals surface area contributed by atoms with Gasteiger partial charge in [-0.3, -0.25) is 0 Å². The molecule has 0 aliphatic rings. The summed E-state index contributed by atoms with van der Waals surface area (Å²) < 4.78 is 53.5. The van der Waals surface area contributed by atoms with Gasteiger partial charge in [0, 0.05) is 6.20 Å². The maximum atomic E-state index is 12.7. The van der Waals surface area contributed by atoms with E-state index in [0.717, 1.165) is 7.11 Å². The Kier molecular flexibility index (Phi) is 6.12. The van der Waals surface area contributed by atoms with Crippen LogP contribution in [0.5, 0.6) is 0 Å². The second kappa shape index (κ2) is 6.10. The summed E-state index contributed by atoms with van der Waals surface area (Å²) in [5.41, 5.74) is -1.97. The van der Waals surface area contributed by atoms with Crippen LogP contribution in [0.2, 0.25) is 0 Å². The van der Waals surface area contributed by atoms with Gasteiger partial charge in [0.05, 0.1) is 12.7 Å². The topological polar surface area (TPSA) is 39.2 Å². The van der Waals surface area contributed by atoms with Crippen LogP contribution in [0, 0.1) is 5.95 Å². The molecule has 0 spiro atoms. The van der Waals surface area contributed by atoms with E-state index in [1.54, 1.807) is 0 Å². The standard InChI is InChI=1S/C7H5BF4NO2.K/c1-15-7(14)4-2-5(8(10,11)12)6(9)13-3-4;/h2-3H,1H3;/q-1;+1. The van der Waals surface area contributed by atoms with Crippen LogP contribution in [0.1, 0.15) is 10.4 Å². The third kappa shape index (κ3) is 3.81. The molecule has 0 saturated carbocycles. The van der Waals surface area contributed by atoms with Gasteiger partial charge in [0.2, 0.25) is 0 Å². The Labute approximate surface area is 131 Å². The molecule has 0 N–H and O–H groups in total. The molecule has 3 nitrogen and oxygen atoms in total. The first-order valence-electron chi connectivity index (χ1n) is 3.80. The number of rotatable bonds is 2. The molecule has 1 rings (SSSR count). The van der Waals surface area contributed by atoms with Crippen molar-refractivity contribution in [2.24, 2.45) is 0 Å². The SMILES string of the molecule is COC(=O)c1cnc(F)c([B-](F)(F)F)c1.[K+]. The van der Waals surface area contributed by atoms with Crippen LogP contribution in [-0.2, 0) is 4.74 Å². The molecule has 0 fully saturated rings. The Morgan fingerprint density at radius 2 is 2.00 bits per heavy atom. The van der Waals surface area contributed by atoms with Gasteiger partial charge in [-0.15, -0.1) is 0 Å². The molecule has 1 aromatic rings. The molecule has 0 unspecified atom stereocenters. The summed E-state index contributed by atoms with van der Waals surface area (Å²) in [4.78, 5) is 13.7. The number of carbonyl (C=O) groups excluding carboxylic acids is 1. The van der Waals surface area contributed by atoms with Crippen LogP contribution in [-0.4, -0.2) is 25.0 Å². The zero-order valence-corrected chi connectivity index (χ0v) is 11.6. The van der Waals surface area contributed by atoms with E-state index in [2.05, 4.69) is 9.72 Å². The molecule has 1 aromatic heterocycles. The van der Waals surface area contributed by atoms with Gasteiger partial charge in [0.1, 0.15) is 0 Å². The van der Waals surface area contributed by atoms with Crippen molar-refractivity contribution in [3.05, 3.63) is 23.8 Å². The first-order valence-corrected chi connectivity index (χ1v) is 3.80. The average Bonchev–Trinajstić information content (AvgIpc) is 2.15. The minimum atomic E-state index is -5.53. The van der Waals surface area contributed by atoms with Crippen LogP contribution in [0.15, 0.2) is 12.3 Å². The van der Waals surface area contributed by atoms with E-state index in [9.17, 15) is 22.1 Å². The number of esters is 1. The van der Waals surface area contributed by atoms with Gasteiger partial charge in [-0.25, -0.2) is 9.78 Å². The van der Waals surface area contributed by atoms with Crippen LogP contribution in [0.3, 0.4) is 0 Å². The Bertz CT molecular complexity index is 398. The van der Waals surface area contributed by atoms with E-state index in [1.807, 2.05) is 0 Å². The molecule has 0 amide bonds. The molecule has 82 valence electrons. The van der Waals surface area contributed by atoms with Crippen molar-refractivity contribution >= 4 is 18.4 Å². The molecule has 0 atom stereocenters. The molecule has 0 aliphatic heterocycles. The van der Waals surface area contributed by atoms with Crippen LogP contribution in [0.25, 0.3) is 0 Å². The van der Waals surface area contributed by atoms with E-state index < -0.39 is 29.9 Å². The zero-order valence-electron chi connectivity index (χ0n) is 8.51. The maximum Gasteiger partial charge on any atom is 1.00 e. The van der Waals surface area contributed by atoms with Crippen molar-refractivity contribution in [2.45, 2.75) is 0 Å². The number of hydrogen-bond donors (Lipinski definition) is 0. The molecule has 9 heteroatoms. The predicted molar refractivity (Wildman–Crippen MR) is 44.2 cm³/mol. The minimum absolute atomic E-state index is 0. The summed E-state index contributed by atoms with van der Waals surface area (Å²) in [7, 11) is 1.00. The summed E-state index contributed by atoms with van der Waals surface area (Å²) in [5.74, 6) is -2.64. The van der Waals surface area contributed by atoms with E-state index >= 15 is 0 Å². The number of halogens is 4. The number of nitrogens with zero attached hydrogens (tertiary/aromatic N) is 1. The van der Waals surface area contributed by atoms with Crippen molar-refractivity contribution in [3.63, 3.8) is 0 Å². The molecule has 0 aromatic carbocycles. The van der Waals surface area contributed by atoms with Gasteiger partial charge in [-0.05, 0) is 0 Å². The van der Waals surface area contributed by atoms with Gasteiger partial charge in [-0.2, -0.15) is 4.39 Å². The minimum Gasteiger partial charge on any atom is -0.465 e. The second-order valence-corrected chi connectivity index (χ2v) is 2.67. The number of aromatic nitrogens is 1. The summed E-state index contributed by atoms with van der Waals surface area (Å²) in [6.07, 6.45) is 0.687. The van der Waals surface area contributed by atoms with E-state index in [1.165, 1.54) is 0 Å². The third-order valence-electron chi connectivity index (χ3n) is 1.64. The van der Waals surface area contributed by atoms with Crippen LogP contribution in [0.4, 0.5) is 17.3 Å². The predicted octanol–water partition coefficient (Wildman–Crippen LogP) is -1.93. The van der Waals surface area contributed by atoms with E-state index in [4.69, 9.17) is 0 Å². The molecule has 1 heterocycles. The Balaban J connectivity index is 0.00000225. The number of methoxy groups -OCH3 is 1. The molecule has 0 radical (unpaired) electrons. The van der Waals surface area contributed by atoms with Gasteiger partial charge in [-0.1, -0.05) is 11.5 Å². The third-order valence-corrected chi connectivity index (χ3v) is 1.64. The normalized spacial score (nSPS) is 10.6.